The first kappa shape index (κ1) is 11.4. The Kier molecular flexibility index (Phi) is 6.24. The highest BCUT2D eigenvalue weighted by molar-refractivity contribution is 7.59. The molecule has 11 heavy (non-hydrogen) atoms. The van der Waals surface area contributed by atoms with E-state index in [0.717, 1.165) is 11.3 Å². The van der Waals surface area contributed by atoms with Gasteiger partial charge in [-0.15, -0.1) is 7.92 Å². The van der Waals surface area contributed by atoms with Gasteiger partial charge in [0.1, 0.15) is 0 Å². The third kappa shape index (κ3) is 3.56. The minimum Gasteiger partial charge on any atom is -0.101 e. The van der Waals surface area contributed by atoms with Gasteiger partial charge in [0.2, 0.25) is 0 Å². The Hall–Kier alpha value is 0.430. The summed E-state index contributed by atoms with van der Waals surface area (Å²) >= 11 is 0. The predicted octanol–water partition coefficient (Wildman–Crippen LogP) is 4.09. The molecule has 0 rings (SSSR count). The topological polar surface area (TPSA) is 0 Å². The quantitative estimate of drug-likeness (QED) is 0.551. The summed E-state index contributed by atoms with van der Waals surface area (Å²) in [6.45, 7) is 11.8. The highest BCUT2D eigenvalue weighted by atomic mass is 31.1. The molecule has 0 nitrogen and oxygen atoms in total. The lowest BCUT2D eigenvalue weighted by atomic mass is 10.4. The van der Waals surface area contributed by atoms with Crippen molar-refractivity contribution in [3.63, 3.8) is 0 Å². The van der Waals surface area contributed by atoms with Crippen molar-refractivity contribution in [1.29, 1.82) is 0 Å². The fourth-order valence-electron chi connectivity index (χ4n) is 1.53. The standard InChI is InChI=1S/C10H23P/c1-6-9(4)11(8-3)10(5)7-2/h9-10H,6-8H2,1-5H3. The van der Waals surface area contributed by atoms with Crippen molar-refractivity contribution < 1.29 is 0 Å². The summed E-state index contributed by atoms with van der Waals surface area (Å²) in [4.78, 5) is 0. The van der Waals surface area contributed by atoms with Crippen molar-refractivity contribution in [2.24, 2.45) is 0 Å². The van der Waals surface area contributed by atoms with Crippen LogP contribution < -0.4 is 0 Å². The molecule has 2 unspecified atom stereocenters. The second-order valence-electron chi connectivity index (χ2n) is 3.34. The van der Waals surface area contributed by atoms with Gasteiger partial charge in [0, 0.05) is 0 Å². The molecule has 0 fully saturated rings. The Morgan fingerprint density at radius 2 is 1.27 bits per heavy atom. The van der Waals surface area contributed by atoms with Crippen LogP contribution in [0.2, 0.25) is 0 Å². The van der Waals surface area contributed by atoms with Crippen molar-refractivity contribution in [3.05, 3.63) is 0 Å². The van der Waals surface area contributed by atoms with Gasteiger partial charge in [-0.05, 0) is 30.3 Å². The van der Waals surface area contributed by atoms with Crippen molar-refractivity contribution in [1.82, 2.24) is 0 Å². The van der Waals surface area contributed by atoms with Crippen LogP contribution in [0.1, 0.15) is 47.5 Å². The SMILES string of the molecule is CCC(C)P(CC)C(C)CC. The molecule has 0 aliphatic carbocycles. The van der Waals surface area contributed by atoms with Crippen LogP contribution in [0.15, 0.2) is 0 Å². The molecule has 1 heteroatoms. The van der Waals surface area contributed by atoms with Crippen LogP contribution in [-0.4, -0.2) is 17.5 Å². The first-order chi connectivity index (χ1) is 5.17. The van der Waals surface area contributed by atoms with E-state index in [4.69, 9.17) is 0 Å². The molecule has 0 saturated heterocycles. The lowest BCUT2D eigenvalue weighted by Gasteiger charge is -2.27. The van der Waals surface area contributed by atoms with Gasteiger partial charge in [-0.25, -0.2) is 0 Å². The fraction of sp³-hybridized carbons (Fsp3) is 1.00. The maximum Gasteiger partial charge on any atom is -0.0238 e. The average Bonchev–Trinajstić information content (AvgIpc) is 2.05. The molecule has 0 spiro atoms. The number of hydrogen-bond donors (Lipinski definition) is 0. The van der Waals surface area contributed by atoms with Crippen LogP contribution in [0.5, 0.6) is 0 Å². The van der Waals surface area contributed by atoms with Crippen molar-refractivity contribution >= 4 is 7.92 Å². The van der Waals surface area contributed by atoms with Crippen molar-refractivity contribution in [3.8, 4) is 0 Å². The zero-order valence-corrected chi connectivity index (χ0v) is 9.62. The van der Waals surface area contributed by atoms with Gasteiger partial charge in [-0.1, -0.05) is 34.6 Å². The highest BCUT2D eigenvalue weighted by Crippen LogP contribution is 2.48. The molecule has 0 aliphatic heterocycles. The van der Waals surface area contributed by atoms with Gasteiger partial charge in [0.15, 0.2) is 0 Å². The lowest BCUT2D eigenvalue weighted by Crippen LogP contribution is -2.09. The van der Waals surface area contributed by atoms with Crippen LogP contribution in [0, 0.1) is 0 Å². The minimum absolute atomic E-state index is 0.319. The van der Waals surface area contributed by atoms with E-state index in [1.807, 2.05) is 0 Å². The number of hydrogen-bond acceptors (Lipinski definition) is 0. The Labute approximate surface area is 73.5 Å². The van der Waals surface area contributed by atoms with Gasteiger partial charge in [0.05, 0.1) is 0 Å². The van der Waals surface area contributed by atoms with E-state index < -0.39 is 0 Å². The molecule has 0 radical (unpaired) electrons. The monoisotopic (exact) mass is 174 g/mol. The van der Waals surface area contributed by atoms with Gasteiger partial charge in [0.25, 0.3) is 0 Å². The van der Waals surface area contributed by atoms with E-state index in [0.29, 0.717) is 7.92 Å². The smallest absolute Gasteiger partial charge is 0.0238 e. The van der Waals surface area contributed by atoms with Gasteiger partial charge < -0.3 is 0 Å². The van der Waals surface area contributed by atoms with Crippen molar-refractivity contribution in [2.75, 3.05) is 6.16 Å². The van der Waals surface area contributed by atoms with Crippen LogP contribution in [-0.2, 0) is 0 Å². The Morgan fingerprint density at radius 1 is 0.909 bits per heavy atom. The van der Waals surface area contributed by atoms with Gasteiger partial charge in [-0.2, -0.15) is 0 Å². The molecule has 0 aromatic heterocycles. The van der Waals surface area contributed by atoms with E-state index in [1.165, 1.54) is 19.0 Å². The normalized spacial score (nSPS) is 19.4. The third-order valence-corrected chi connectivity index (χ3v) is 6.40. The largest absolute Gasteiger partial charge is 0.101 e. The zero-order chi connectivity index (χ0) is 8.85. The van der Waals surface area contributed by atoms with Crippen molar-refractivity contribution in [2.45, 2.75) is 58.8 Å². The Bertz CT molecular complexity index is 80.9. The summed E-state index contributed by atoms with van der Waals surface area (Å²) < 4.78 is 0. The molecule has 0 aliphatic rings. The molecule has 0 amide bonds. The molecule has 0 aromatic carbocycles. The fourth-order valence-corrected chi connectivity index (χ4v) is 4.58. The second kappa shape index (κ2) is 6.00. The second-order valence-corrected chi connectivity index (χ2v) is 6.77. The van der Waals surface area contributed by atoms with Gasteiger partial charge >= 0.3 is 0 Å². The summed E-state index contributed by atoms with van der Waals surface area (Å²) in [5.41, 5.74) is 1.95. The van der Waals surface area contributed by atoms with Crippen LogP contribution >= 0.6 is 7.92 Å². The van der Waals surface area contributed by atoms with Crippen LogP contribution in [0.25, 0.3) is 0 Å². The summed E-state index contributed by atoms with van der Waals surface area (Å²) in [5.74, 6) is 0. The van der Waals surface area contributed by atoms with E-state index >= 15 is 0 Å². The molecule has 68 valence electrons. The molecular formula is C10H23P. The Balaban J connectivity index is 3.92. The molecule has 0 heterocycles. The van der Waals surface area contributed by atoms with Crippen LogP contribution in [0.3, 0.4) is 0 Å². The summed E-state index contributed by atoms with van der Waals surface area (Å²) in [7, 11) is 0.319. The molecule has 0 aromatic rings. The maximum absolute atomic E-state index is 2.42. The molecule has 0 saturated carbocycles. The number of rotatable bonds is 5. The predicted molar refractivity (Wildman–Crippen MR) is 57.0 cm³/mol. The summed E-state index contributed by atoms with van der Waals surface area (Å²) in [6, 6.07) is 0. The summed E-state index contributed by atoms with van der Waals surface area (Å²) in [5, 5.41) is 0. The van der Waals surface area contributed by atoms with E-state index in [2.05, 4.69) is 34.6 Å². The maximum atomic E-state index is 2.42. The molecular weight excluding hydrogens is 151 g/mol. The Morgan fingerprint density at radius 3 is 1.45 bits per heavy atom. The first-order valence-electron chi connectivity index (χ1n) is 4.93. The highest BCUT2D eigenvalue weighted by Gasteiger charge is 2.17. The zero-order valence-electron chi connectivity index (χ0n) is 8.72. The lowest BCUT2D eigenvalue weighted by molar-refractivity contribution is 0.830. The summed E-state index contributed by atoms with van der Waals surface area (Å²) in [6.07, 6.45) is 4.15. The molecule has 0 N–H and O–H groups in total. The van der Waals surface area contributed by atoms with Crippen LogP contribution in [0.4, 0.5) is 0 Å². The van der Waals surface area contributed by atoms with E-state index in [-0.39, 0.29) is 0 Å². The van der Waals surface area contributed by atoms with Gasteiger partial charge in [-0.3, -0.25) is 0 Å². The van der Waals surface area contributed by atoms with E-state index in [9.17, 15) is 0 Å². The molecule has 2 atom stereocenters. The first-order valence-corrected chi connectivity index (χ1v) is 6.59. The average molecular weight is 174 g/mol. The minimum atomic E-state index is 0.319. The molecule has 0 bridgehead atoms. The van der Waals surface area contributed by atoms with E-state index in [1.54, 1.807) is 0 Å². The third-order valence-electron chi connectivity index (χ3n) is 2.68.